The minimum Gasteiger partial charge on any atom is -0.325 e. The SMILES string of the molecule is Cc1ccc(S(=O)(=O)N(CC(=O)Nc2ccc(S(=O)(=O)Nc3ncccn3)cc2)c2cccc(C)c2)cc1. The maximum absolute atomic E-state index is 13.5. The number of benzene rings is 3. The number of nitrogens with zero attached hydrogens (tertiary/aromatic N) is 3. The smallest absolute Gasteiger partial charge is 0.264 e. The van der Waals surface area contributed by atoms with Crippen molar-refractivity contribution >= 4 is 43.3 Å². The topological polar surface area (TPSA) is 138 Å². The van der Waals surface area contributed by atoms with Gasteiger partial charge in [0, 0.05) is 18.1 Å². The van der Waals surface area contributed by atoms with Crippen molar-refractivity contribution in [1.82, 2.24) is 9.97 Å². The molecule has 0 radical (unpaired) electrons. The van der Waals surface area contributed by atoms with Gasteiger partial charge in [0.25, 0.3) is 20.0 Å². The predicted molar refractivity (Wildman–Crippen MR) is 145 cm³/mol. The van der Waals surface area contributed by atoms with Crippen LogP contribution in [0, 0.1) is 13.8 Å². The number of hydrogen-bond acceptors (Lipinski definition) is 7. The van der Waals surface area contributed by atoms with E-state index in [2.05, 4.69) is 20.0 Å². The molecule has 38 heavy (non-hydrogen) atoms. The Morgan fingerprint density at radius 3 is 2.05 bits per heavy atom. The second-order valence-corrected chi connectivity index (χ2v) is 12.0. The molecule has 1 aromatic heterocycles. The summed E-state index contributed by atoms with van der Waals surface area (Å²) in [4.78, 5) is 20.6. The van der Waals surface area contributed by atoms with E-state index in [9.17, 15) is 21.6 Å². The van der Waals surface area contributed by atoms with Gasteiger partial charge in [-0.05, 0) is 74.0 Å². The average molecular weight is 552 g/mol. The maximum atomic E-state index is 13.5. The van der Waals surface area contributed by atoms with E-state index in [0.29, 0.717) is 11.4 Å². The molecule has 0 atom stereocenters. The quantitative estimate of drug-likeness (QED) is 0.323. The Hall–Kier alpha value is -4.29. The van der Waals surface area contributed by atoms with Crippen molar-refractivity contribution in [3.8, 4) is 0 Å². The number of anilines is 3. The van der Waals surface area contributed by atoms with Gasteiger partial charge in [0.1, 0.15) is 6.54 Å². The van der Waals surface area contributed by atoms with E-state index in [-0.39, 0.29) is 15.7 Å². The maximum Gasteiger partial charge on any atom is 0.264 e. The second kappa shape index (κ2) is 11.0. The lowest BCUT2D eigenvalue weighted by atomic mass is 10.2. The van der Waals surface area contributed by atoms with Gasteiger partial charge in [-0.3, -0.25) is 9.10 Å². The first-order valence-electron chi connectivity index (χ1n) is 11.4. The van der Waals surface area contributed by atoms with Gasteiger partial charge in [-0.2, -0.15) is 0 Å². The number of carbonyl (C=O) groups is 1. The Labute approximate surface area is 221 Å². The van der Waals surface area contributed by atoms with Crippen LogP contribution in [0.1, 0.15) is 11.1 Å². The van der Waals surface area contributed by atoms with E-state index >= 15 is 0 Å². The first-order chi connectivity index (χ1) is 18.0. The molecule has 0 aliphatic heterocycles. The van der Waals surface area contributed by atoms with Gasteiger partial charge in [0.05, 0.1) is 15.5 Å². The summed E-state index contributed by atoms with van der Waals surface area (Å²) in [6, 6.07) is 20.2. The van der Waals surface area contributed by atoms with Gasteiger partial charge in [-0.1, -0.05) is 29.8 Å². The summed E-state index contributed by atoms with van der Waals surface area (Å²) < 4.78 is 55.5. The molecule has 0 fully saturated rings. The minimum atomic E-state index is -4.06. The summed E-state index contributed by atoms with van der Waals surface area (Å²) in [5, 5.41) is 2.63. The Morgan fingerprint density at radius 1 is 0.789 bits per heavy atom. The molecule has 0 aliphatic rings. The molecule has 0 spiro atoms. The van der Waals surface area contributed by atoms with Crippen molar-refractivity contribution < 1.29 is 21.6 Å². The summed E-state index contributed by atoms with van der Waals surface area (Å²) in [6.07, 6.45) is 2.81. The van der Waals surface area contributed by atoms with Gasteiger partial charge < -0.3 is 5.32 Å². The molecule has 1 amide bonds. The fourth-order valence-electron chi connectivity index (χ4n) is 3.51. The zero-order valence-corrected chi connectivity index (χ0v) is 22.2. The molecule has 2 N–H and O–H groups in total. The fraction of sp³-hybridized carbons (Fsp3) is 0.115. The number of nitrogens with one attached hydrogen (secondary N) is 2. The third-order valence-electron chi connectivity index (χ3n) is 5.43. The molecule has 0 bridgehead atoms. The van der Waals surface area contributed by atoms with E-state index in [4.69, 9.17) is 0 Å². The average Bonchev–Trinajstić information content (AvgIpc) is 2.88. The van der Waals surface area contributed by atoms with Gasteiger partial charge in [0.15, 0.2) is 0 Å². The van der Waals surface area contributed by atoms with Crippen LogP contribution in [0.2, 0.25) is 0 Å². The minimum absolute atomic E-state index is 0.0573. The van der Waals surface area contributed by atoms with Crippen LogP contribution < -0.4 is 14.3 Å². The van der Waals surface area contributed by atoms with Crippen LogP contribution in [0.15, 0.2) is 101 Å². The molecule has 0 saturated heterocycles. The van der Waals surface area contributed by atoms with Crippen molar-refractivity contribution in [3.63, 3.8) is 0 Å². The number of hydrogen-bond donors (Lipinski definition) is 2. The molecule has 196 valence electrons. The van der Waals surface area contributed by atoms with Gasteiger partial charge in [-0.15, -0.1) is 0 Å². The Balaban J connectivity index is 1.53. The molecule has 12 heteroatoms. The molecule has 4 aromatic rings. The molecule has 1 heterocycles. The monoisotopic (exact) mass is 551 g/mol. The predicted octanol–water partition coefficient (Wildman–Crippen LogP) is 3.73. The fourth-order valence-corrected chi connectivity index (χ4v) is 5.89. The molecule has 10 nitrogen and oxygen atoms in total. The molecule has 0 saturated carbocycles. The summed E-state index contributed by atoms with van der Waals surface area (Å²) in [5.74, 6) is -0.676. The van der Waals surface area contributed by atoms with Crippen molar-refractivity contribution in [2.45, 2.75) is 23.6 Å². The normalized spacial score (nSPS) is 11.5. The highest BCUT2D eigenvalue weighted by Gasteiger charge is 2.27. The Kier molecular flexibility index (Phi) is 7.74. The van der Waals surface area contributed by atoms with Crippen LogP contribution in [-0.4, -0.2) is 39.3 Å². The van der Waals surface area contributed by atoms with Crippen molar-refractivity contribution in [1.29, 1.82) is 0 Å². The van der Waals surface area contributed by atoms with Gasteiger partial charge >= 0.3 is 0 Å². The zero-order valence-electron chi connectivity index (χ0n) is 20.6. The largest absolute Gasteiger partial charge is 0.325 e. The number of rotatable bonds is 9. The summed E-state index contributed by atoms with van der Waals surface area (Å²) in [5.41, 5.74) is 2.37. The van der Waals surface area contributed by atoms with Gasteiger partial charge in [-0.25, -0.2) is 31.5 Å². The van der Waals surface area contributed by atoms with E-state index in [1.54, 1.807) is 36.4 Å². The van der Waals surface area contributed by atoms with E-state index in [1.807, 2.05) is 19.9 Å². The highest BCUT2D eigenvalue weighted by atomic mass is 32.2. The highest BCUT2D eigenvalue weighted by Crippen LogP contribution is 2.25. The molecule has 0 unspecified atom stereocenters. The molecule has 4 rings (SSSR count). The van der Waals surface area contributed by atoms with Crippen LogP contribution >= 0.6 is 0 Å². The lowest BCUT2D eigenvalue weighted by Gasteiger charge is -2.24. The van der Waals surface area contributed by atoms with E-state index in [0.717, 1.165) is 15.4 Å². The first kappa shape index (κ1) is 26.8. The van der Waals surface area contributed by atoms with Crippen LogP contribution in [0.5, 0.6) is 0 Å². The second-order valence-electron chi connectivity index (χ2n) is 8.41. The van der Waals surface area contributed by atoms with Gasteiger partial charge in [0.2, 0.25) is 11.9 Å². The molecular formula is C26H25N5O5S2. The number of amides is 1. The van der Waals surface area contributed by atoms with Crippen molar-refractivity contribution in [3.05, 3.63) is 102 Å². The van der Waals surface area contributed by atoms with Crippen molar-refractivity contribution in [2.75, 3.05) is 20.9 Å². The standard InChI is InChI=1S/C26H25N5O5S2/c1-19-7-11-24(12-8-19)38(35,36)31(22-6-3-5-20(2)17-22)18-25(32)29-21-9-13-23(14-10-21)37(33,34)30-26-27-15-4-16-28-26/h3-17H,18H2,1-2H3,(H,29,32)(H,27,28,30). The summed E-state index contributed by atoms with van der Waals surface area (Å²) in [7, 11) is -8.00. The number of aryl methyl sites for hydroxylation is 2. The summed E-state index contributed by atoms with van der Waals surface area (Å²) >= 11 is 0. The van der Waals surface area contributed by atoms with Crippen LogP contribution in [-0.2, 0) is 24.8 Å². The number of sulfonamides is 2. The highest BCUT2D eigenvalue weighted by molar-refractivity contribution is 7.93. The van der Waals surface area contributed by atoms with Crippen LogP contribution in [0.3, 0.4) is 0 Å². The number of aromatic nitrogens is 2. The van der Waals surface area contributed by atoms with E-state index < -0.39 is 32.5 Å². The number of carbonyl (C=O) groups excluding carboxylic acids is 1. The zero-order chi connectivity index (χ0) is 27.3. The molecule has 0 aliphatic carbocycles. The first-order valence-corrected chi connectivity index (χ1v) is 14.3. The lowest BCUT2D eigenvalue weighted by molar-refractivity contribution is -0.114. The van der Waals surface area contributed by atoms with E-state index in [1.165, 1.54) is 48.8 Å². The van der Waals surface area contributed by atoms with Crippen LogP contribution in [0.4, 0.5) is 17.3 Å². The Bertz CT molecular complexity index is 1640. The molecular weight excluding hydrogens is 526 g/mol. The van der Waals surface area contributed by atoms with Crippen LogP contribution in [0.25, 0.3) is 0 Å². The Morgan fingerprint density at radius 2 is 1.42 bits per heavy atom. The lowest BCUT2D eigenvalue weighted by Crippen LogP contribution is -2.38. The third kappa shape index (κ3) is 6.33. The molecule has 3 aromatic carbocycles. The third-order valence-corrected chi connectivity index (χ3v) is 8.56. The van der Waals surface area contributed by atoms with Crippen molar-refractivity contribution in [2.24, 2.45) is 0 Å². The summed E-state index contributed by atoms with van der Waals surface area (Å²) in [6.45, 7) is 3.19.